The van der Waals surface area contributed by atoms with Crippen LogP contribution in [0.25, 0.3) is 11.0 Å². The molecule has 0 spiro atoms. The predicted molar refractivity (Wildman–Crippen MR) is 123 cm³/mol. The minimum atomic E-state index is -0.180. The number of aromatic nitrogens is 2. The Bertz CT molecular complexity index is 979. The SMILES string of the molecule is CC(C)c1ccccc1NC(=O)C(C)N1CCCN(c2nc3ccccc3[nH]2)CC1. The van der Waals surface area contributed by atoms with Crippen molar-refractivity contribution in [3.63, 3.8) is 0 Å². The van der Waals surface area contributed by atoms with Gasteiger partial charge in [0.2, 0.25) is 11.9 Å². The van der Waals surface area contributed by atoms with Crippen molar-refractivity contribution >= 4 is 28.6 Å². The predicted octanol–water partition coefficient (Wildman–Crippen LogP) is 4.23. The van der Waals surface area contributed by atoms with Gasteiger partial charge < -0.3 is 15.2 Å². The maximum Gasteiger partial charge on any atom is 0.241 e. The summed E-state index contributed by atoms with van der Waals surface area (Å²) >= 11 is 0. The maximum absolute atomic E-state index is 13.0. The Balaban J connectivity index is 1.40. The summed E-state index contributed by atoms with van der Waals surface area (Å²) in [6, 6.07) is 16.0. The van der Waals surface area contributed by atoms with E-state index in [2.05, 4.69) is 46.1 Å². The number of nitrogens with zero attached hydrogens (tertiary/aromatic N) is 3. The summed E-state index contributed by atoms with van der Waals surface area (Å²) in [6.07, 6.45) is 0.997. The quantitative estimate of drug-likeness (QED) is 0.667. The van der Waals surface area contributed by atoms with Crippen LogP contribution in [0.3, 0.4) is 0 Å². The molecule has 158 valence electrons. The van der Waals surface area contributed by atoms with Crippen molar-refractivity contribution in [1.29, 1.82) is 0 Å². The minimum Gasteiger partial charge on any atom is -0.341 e. The second-order valence-corrected chi connectivity index (χ2v) is 8.36. The lowest BCUT2D eigenvalue weighted by atomic mass is 10.0. The number of rotatable bonds is 5. The molecule has 1 unspecified atom stereocenters. The highest BCUT2D eigenvalue weighted by atomic mass is 16.2. The molecule has 2 N–H and O–H groups in total. The Labute approximate surface area is 178 Å². The summed E-state index contributed by atoms with van der Waals surface area (Å²) in [6.45, 7) is 9.81. The molecular formula is C24H31N5O. The summed E-state index contributed by atoms with van der Waals surface area (Å²) < 4.78 is 0. The summed E-state index contributed by atoms with van der Waals surface area (Å²) in [5.41, 5.74) is 4.14. The topological polar surface area (TPSA) is 64.3 Å². The van der Waals surface area contributed by atoms with Crippen LogP contribution in [-0.2, 0) is 4.79 Å². The van der Waals surface area contributed by atoms with Gasteiger partial charge in [-0.1, -0.05) is 44.2 Å². The van der Waals surface area contributed by atoms with E-state index in [0.717, 1.165) is 55.3 Å². The minimum absolute atomic E-state index is 0.0558. The third kappa shape index (κ3) is 4.33. The first kappa shape index (κ1) is 20.4. The largest absolute Gasteiger partial charge is 0.341 e. The second kappa shape index (κ2) is 8.88. The number of H-pyrrole nitrogens is 1. The van der Waals surface area contributed by atoms with Gasteiger partial charge in [0.15, 0.2) is 0 Å². The Morgan fingerprint density at radius 2 is 1.77 bits per heavy atom. The molecule has 4 rings (SSSR count). The molecule has 1 atom stereocenters. The molecule has 1 aliphatic rings. The lowest BCUT2D eigenvalue weighted by Crippen LogP contribution is -2.44. The molecule has 1 amide bonds. The molecule has 2 aromatic carbocycles. The van der Waals surface area contributed by atoms with Gasteiger partial charge in [-0.2, -0.15) is 0 Å². The van der Waals surface area contributed by atoms with Gasteiger partial charge in [0, 0.05) is 31.9 Å². The fourth-order valence-electron chi connectivity index (χ4n) is 4.14. The van der Waals surface area contributed by atoms with Crippen molar-refractivity contribution in [1.82, 2.24) is 14.9 Å². The van der Waals surface area contributed by atoms with Crippen molar-refractivity contribution in [3.05, 3.63) is 54.1 Å². The van der Waals surface area contributed by atoms with E-state index in [0.29, 0.717) is 5.92 Å². The molecule has 0 saturated carbocycles. The van der Waals surface area contributed by atoms with E-state index in [1.54, 1.807) is 0 Å². The van der Waals surface area contributed by atoms with Gasteiger partial charge in [-0.3, -0.25) is 9.69 Å². The molecule has 1 aliphatic heterocycles. The number of carbonyl (C=O) groups is 1. The third-order valence-electron chi connectivity index (χ3n) is 5.97. The number of para-hydroxylation sites is 3. The average Bonchev–Trinajstić information content (AvgIpc) is 3.03. The summed E-state index contributed by atoms with van der Waals surface area (Å²) in [7, 11) is 0. The van der Waals surface area contributed by atoms with Crippen molar-refractivity contribution in [3.8, 4) is 0 Å². The zero-order valence-electron chi connectivity index (χ0n) is 18.1. The number of fused-ring (bicyclic) bond motifs is 1. The van der Waals surface area contributed by atoms with Gasteiger partial charge in [-0.25, -0.2) is 4.98 Å². The zero-order valence-corrected chi connectivity index (χ0v) is 18.1. The number of aromatic amines is 1. The van der Waals surface area contributed by atoms with E-state index in [1.165, 1.54) is 5.56 Å². The molecule has 6 heteroatoms. The molecule has 2 heterocycles. The Morgan fingerprint density at radius 1 is 1.00 bits per heavy atom. The average molecular weight is 406 g/mol. The molecule has 0 bridgehead atoms. The standard InChI is InChI=1S/C24H31N5O/c1-17(2)19-9-4-5-10-20(19)25-23(30)18(3)28-13-8-14-29(16-15-28)24-26-21-11-6-7-12-22(21)27-24/h4-7,9-12,17-18H,8,13-16H2,1-3H3,(H,25,30)(H,26,27). The Kier molecular flexibility index (Phi) is 6.04. The fourth-order valence-corrected chi connectivity index (χ4v) is 4.14. The van der Waals surface area contributed by atoms with E-state index in [1.807, 2.05) is 43.3 Å². The first-order chi connectivity index (χ1) is 14.5. The first-order valence-electron chi connectivity index (χ1n) is 10.9. The highest BCUT2D eigenvalue weighted by molar-refractivity contribution is 5.95. The molecule has 1 saturated heterocycles. The van der Waals surface area contributed by atoms with Crippen LogP contribution in [0.4, 0.5) is 11.6 Å². The molecule has 30 heavy (non-hydrogen) atoms. The van der Waals surface area contributed by atoms with Crippen molar-refractivity contribution < 1.29 is 4.79 Å². The second-order valence-electron chi connectivity index (χ2n) is 8.36. The number of amides is 1. The number of nitrogens with one attached hydrogen (secondary N) is 2. The van der Waals surface area contributed by atoms with E-state index < -0.39 is 0 Å². The Hall–Kier alpha value is -2.86. The summed E-state index contributed by atoms with van der Waals surface area (Å²) in [4.78, 5) is 25.7. The monoisotopic (exact) mass is 405 g/mol. The van der Waals surface area contributed by atoms with Crippen LogP contribution in [0.2, 0.25) is 0 Å². The molecular weight excluding hydrogens is 374 g/mol. The van der Waals surface area contributed by atoms with E-state index in [9.17, 15) is 4.79 Å². The first-order valence-corrected chi connectivity index (χ1v) is 10.9. The molecule has 0 aliphatic carbocycles. The van der Waals surface area contributed by atoms with E-state index >= 15 is 0 Å². The number of carbonyl (C=O) groups excluding carboxylic acids is 1. The molecule has 1 aromatic heterocycles. The van der Waals surface area contributed by atoms with Crippen molar-refractivity contribution in [2.75, 3.05) is 36.4 Å². The van der Waals surface area contributed by atoms with Gasteiger partial charge in [0.05, 0.1) is 17.1 Å². The van der Waals surface area contributed by atoms with Gasteiger partial charge in [0.1, 0.15) is 0 Å². The highest BCUT2D eigenvalue weighted by Gasteiger charge is 2.25. The third-order valence-corrected chi connectivity index (χ3v) is 5.97. The van der Waals surface area contributed by atoms with Gasteiger partial charge in [-0.05, 0) is 43.0 Å². The molecule has 6 nitrogen and oxygen atoms in total. The molecule has 3 aromatic rings. The number of imidazole rings is 1. The van der Waals surface area contributed by atoms with Gasteiger partial charge in [0.25, 0.3) is 0 Å². The van der Waals surface area contributed by atoms with E-state index in [4.69, 9.17) is 4.98 Å². The molecule has 1 fully saturated rings. The van der Waals surface area contributed by atoms with Crippen LogP contribution < -0.4 is 10.2 Å². The van der Waals surface area contributed by atoms with Crippen LogP contribution in [0, 0.1) is 0 Å². The van der Waals surface area contributed by atoms with Crippen LogP contribution in [0.15, 0.2) is 48.5 Å². The van der Waals surface area contributed by atoms with Crippen LogP contribution in [-0.4, -0.2) is 53.0 Å². The number of hydrogen-bond acceptors (Lipinski definition) is 4. The summed E-state index contributed by atoms with van der Waals surface area (Å²) in [5.74, 6) is 1.34. The zero-order chi connectivity index (χ0) is 21.1. The summed E-state index contributed by atoms with van der Waals surface area (Å²) in [5, 5.41) is 3.16. The fraction of sp³-hybridized carbons (Fsp3) is 0.417. The maximum atomic E-state index is 13.0. The van der Waals surface area contributed by atoms with Gasteiger partial charge >= 0.3 is 0 Å². The van der Waals surface area contributed by atoms with Gasteiger partial charge in [-0.15, -0.1) is 0 Å². The van der Waals surface area contributed by atoms with Crippen molar-refractivity contribution in [2.24, 2.45) is 0 Å². The number of anilines is 2. The van der Waals surface area contributed by atoms with Crippen molar-refractivity contribution in [2.45, 2.75) is 39.2 Å². The molecule has 0 radical (unpaired) electrons. The lowest BCUT2D eigenvalue weighted by Gasteiger charge is -2.27. The smallest absolute Gasteiger partial charge is 0.241 e. The number of benzene rings is 2. The highest BCUT2D eigenvalue weighted by Crippen LogP contribution is 2.24. The Morgan fingerprint density at radius 3 is 2.57 bits per heavy atom. The lowest BCUT2D eigenvalue weighted by molar-refractivity contribution is -0.120. The van der Waals surface area contributed by atoms with E-state index in [-0.39, 0.29) is 11.9 Å². The van der Waals surface area contributed by atoms with Crippen LogP contribution >= 0.6 is 0 Å². The number of hydrogen-bond donors (Lipinski definition) is 2. The van der Waals surface area contributed by atoms with Crippen LogP contribution in [0.5, 0.6) is 0 Å². The van der Waals surface area contributed by atoms with Crippen LogP contribution in [0.1, 0.15) is 38.7 Å². The normalized spacial score (nSPS) is 16.6.